The van der Waals surface area contributed by atoms with Crippen molar-refractivity contribution in [3.63, 3.8) is 0 Å². The first-order valence-electron chi connectivity index (χ1n) is 8.17. The molecule has 1 saturated carbocycles. The van der Waals surface area contributed by atoms with Crippen molar-refractivity contribution in [2.75, 3.05) is 19.6 Å². The quantitative estimate of drug-likeness (QED) is 0.898. The number of nitrogens with zero attached hydrogens (tertiary/aromatic N) is 2. The molecule has 0 bridgehead atoms. The molecule has 1 saturated heterocycles. The van der Waals surface area contributed by atoms with Crippen LogP contribution in [0.2, 0.25) is 0 Å². The molecule has 1 aliphatic heterocycles. The van der Waals surface area contributed by atoms with Crippen LogP contribution in [0.25, 0.3) is 0 Å². The average molecular weight is 277 g/mol. The van der Waals surface area contributed by atoms with Gasteiger partial charge in [-0.05, 0) is 50.7 Å². The van der Waals surface area contributed by atoms with Gasteiger partial charge in [0, 0.05) is 12.6 Å². The Morgan fingerprint density at radius 1 is 1.25 bits per heavy atom. The summed E-state index contributed by atoms with van der Waals surface area (Å²) >= 11 is 0. The highest BCUT2D eigenvalue weighted by Gasteiger charge is 2.36. The van der Waals surface area contributed by atoms with Crippen molar-refractivity contribution < 1.29 is 4.52 Å². The Hall–Kier alpha value is -0.870. The summed E-state index contributed by atoms with van der Waals surface area (Å²) in [5, 5.41) is 7.40. The molecule has 2 fully saturated rings. The predicted octanol–water partition coefficient (Wildman–Crippen LogP) is 2.94. The van der Waals surface area contributed by atoms with Crippen LogP contribution in [0.4, 0.5) is 0 Å². The Labute approximate surface area is 121 Å². The second-order valence-electron chi connectivity index (χ2n) is 6.55. The van der Waals surface area contributed by atoms with Gasteiger partial charge in [-0.2, -0.15) is 0 Å². The summed E-state index contributed by atoms with van der Waals surface area (Å²) in [6, 6.07) is 2.10. The van der Waals surface area contributed by atoms with Crippen molar-refractivity contribution in [1.29, 1.82) is 0 Å². The third-order valence-corrected chi connectivity index (χ3v) is 5.12. The zero-order valence-electron chi connectivity index (χ0n) is 12.7. The Bertz CT molecular complexity index is 413. The van der Waals surface area contributed by atoms with Gasteiger partial charge >= 0.3 is 0 Å². The van der Waals surface area contributed by atoms with Gasteiger partial charge in [0.1, 0.15) is 0 Å². The smallest absolute Gasteiger partial charge is 0.151 e. The van der Waals surface area contributed by atoms with E-state index in [0.29, 0.717) is 5.41 Å². The molecule has 0 aromatic carbocycles. The number of aromatic nitrogens is 1. The highest BCUT2D eigenvalue weighted by Crippen LogP contribution is 2.46. The van der Waals surface area contributed by atoms with Gasteiger partial charge < -0.3 is 9.84 Å². The maximum Gasteiger partial charge on any atom is 0.151 e. The highest BCUT2D eigenvalue weighted by atomic mass is 16.5. The summed E-state index contributed by atoms with van der Waals surface area (Å²) < 4.78 is 5.45. The summed E-state index contributed by atoms with van der Waals surface area (Å²) in [6.07, 6.45) is 8.61. The van der Waals surface area contributed by atoms with Gasteiger partial charge in [-0.3, -0.25) is 4.90 Å². The standard InChI is InChI=1S/C16H27N3O/c1-2-17-12-14-11-15(20-18-14)13-19-9-7-16(8-10-19)5-3-4-6-16/h11,17H,2-10,12-13H2,1H3. The zero-order valence-corrected chi connectivity index (χ0v) is 12.7. The SMILES string of the molecule is CCNCc1cc(CN2CCC3(CCCC3)CC2)on1. The van der Waals surface area contributed by atoms with Gasteiger partial charge in [-0.15, -0.1) is 0 Å². The third-order valence-electron chi connectivity index (χ3n) is 5.12. The molecule has 1 spiro atoms. The minimum absolute atomic E-state index is 0.703. The Morgan fingerprint density at radius 3 is 2.70 bits per heavy atom. The maximum absolute atomic E-state index is 5.45. The summed E-state index contributed by atoms with van der Waals surface area (Å²) in [4.78, 5) is 2.53. The zero-order chi connectivity index (χ0) is 13.8. The van der Waals surface area contributed by atoms with Crippen LogP contribution in [-0.4, -0.2) is 29.7 Å². The van der Waals surface area contributed by atoms with Crippen LogP contribution in [0.15, 0.2) is 10.6 Å². The molecular weight excluding hydrogens is 250 g/mol. The van der Waals surface area contributed by atoms with Crippen molar-refractivity contribution in [2.24, 2.45) is 5.41 Å². The minimum Gasteiger partial charge on any atom is -0.360 e. The van der Waals surface area contributed by atoms with Crippen LogP contribution >= 0.6 is 0 Å². The van der Waals surface area contributed by atoms with Crippen LogP contribution in [0.1, 0.15) is 56.9 Å². The molecule has 0 atom stereocenters. The van der Waals surface area contributed by atoms with Crippen molar-refractivity contribution in [2.45, 2.75) is 58.5 Å². The van der Waals surface area contributed by atoms with E-state index in [1.54, 1.807) is 0 Å². The predicted molar refractivity (Wildman–Crippen MR) is 79.3 cm³/mol. The average Bonchev–Trinajstić information content (AvgIpc) is 3.09. The molecule has 0 unspecified atom stereocenters. The first-order chi connectivity index (χ1) is 9.80. The van der Waals surface area contributed by atoms with Crippen LogP contribution in [-0.2, 0) is 13.1 Å². The van der Waals surface area contributed by atoms with E-state index in [4.69, 9.17) is 4.52 Å². The third kappa shape index (κ3) is 3.23. The second kappa shape index (κ2) is 6.27. The van der Waals surface area contributed by atoms with Crippen LogP contribution in [0.5, 0.6) is 0 Å². The van der Waals surface area contributed by atoms with E-state index in [1.807, 2.05) is 0 Å². The first-order valence-corrected chi connectivity index (χ1v) is 8.17. The Balaban J connectivity index is 1.48. The molecule has 112 valence electrons. The van der Waals surface area contributed by atoms with Crippen molar-refractivity contribution in [3.05, 3.63) is 17.5 Å². The van der Waals surface area contributed by atoms with Crippen LogP contribution in [0, 0.1) is 5.41 Å². The summed E-state index contributed by atoms with van der Waals surface area (Å²) in [5.41, 5.74) is 1.72. The number of rotatable bonds is 5. The fourth-order valence-electron chi connectivity index (χ4n) is 3.80. The monoisotopic (exact) mass is 277 g/mol. The Morgan fingerprint density at radius 2 is 2.00 bits per heavy atom. The lowest BCUT2D eigenvalue weighted by Gasteiger charge is -2.39. The van der Waals surface area contributed by atoms with E-state index in [2.05, 4.69) is 28.4 Å². The summed E-state index contributed by atoms with van der Waals surface area (Å²) in [6.45, 7) is 7.26. The normalized spacial score (nSPS) is 22.6. The molecule has 20 heavy (non-hydrogen) atoms. The van der Waals surface area contributed by atoms with E-state index in [0.717, 1.165) is 31.1 Å². The molecule has 1 aromatic heterocycles. The molecule has 4 heteroatoms. The van der Waals surface area contributed by atoms with E-state index < -0.39 is 0 Å². The van der Waals surface area contributed by atoms with Crippen LogP contribution < -0.4 is 5.32 Å². The van der Waals surface area contributed by atoms with Gasteiger partial charge in [-0.1, -0.05) is 24.9 Å². The number of nitrogens with one attached hydrogen (secondary N) is 1. The van der Waals surface area contributed by atoms with Crippen molar-refractivity contribution >= 4 is 0 Å². The minimum atomic E-state index is 0.703. The molecular formula is C16H27N3O. The molecule has 1 N–H and O–H groups in total. The van der Waals surface area contributed by atoms with Gasteiger partial charge in [0.2, 0.25) is 0 Å². The first kappa shape index (κ1) is 14.1. The van der Waals surface area contributed by atoms with Crippen molar-refractivity contribution in [1.82, 2.24) is 15.4 Å². The largest absolute Gasteiger partial charge is 0.360 e. The topological polar surface area (TPSA) is 41.3 Å². The van der Waals surface area contributed by atoms with E-state index in [1.165, 1.54) is 51.6 Å². The van der Waals surface area contributed by atoms with Gasteiger partial charge in [0.25, 0.3) is 0 Å². The molecule has 1 aliphatic carbocycles. The lowest BCUT2D eigenvalue weighted by molar-refractivity contribution is 0.0963. The molecule has 0 amide bonds. The van der Waals surface area contributed by atoms with Crippen LogP contribution in [0.3, 0.4) is 0 Å². The van der Waals surface area contributed by atoms with E-state index in [9.17, 15) is 0 Å². The lowest BCUT2D eigenvalue weighted by atomic mass is 9.77. The lowest BCUT2D eigenvalue weighted by Crippen LogP contribution is -2.38. The van der Waals surface area contributed by atoms with Gasteiger partial charge in [-0.25, -0.2) is 0 Å². The number of hydrogen-bond acceptors (Lipinski definition) is 4. The maximum atomic E-state index is 5.45. The van der Waals surface area contributed by atoms with Crippen molar-refractivity contribution in [3.8, 4) is 0 Å². The molecule has 3 rings (SSSR count). The fourth-order valence-corrected chi connectivity index (χ4v) is 3.80. The van der Waals surface area contributed by atoms with E-state index >= 15 is 0 Å². The second-order valence-corrected chi connectivity index (χ2v) is 6.55. The fraction of sp³-hybridized carbons (Fsp3) is 0.812. The van der Waals surface area contributed by atoms with Gasteiger partial charge in [0.05, 0.1) is 12.2 Å². The number of piperidine rings is 1. The number of likely N-dealkylation sites (tertiary alicyclic amines) is 1. The van der Waals surface area contributed by atoms with E-state index in [-0.39, 0.29) is 0 Å². The highest BCUT2D eigenvalue weighted by molar-refractivity contribution is 5.05. The molecule has 1 aromatic rings. The Kier molecular flexibility index (Phi) is 4.41. The van der Waals surface area contributed by atoms with Gasteiger partial charge in [0.15, 0.2) is 5.76 Å². The number of hydrogen-bond donors (Lipinski definition) is 1. The summed E-state index contributed by atoms with van der Waals surface area (Å²) in [7, 11) is 0. The molecule has 4 nitrogen and oxygen atoms in total. The molecule has 2 heterocycles. The molecule has 0 radical (unpaired) electrons. The molecule has 2 aliphatic rings. The summed E-state index contributed by atoms with van der Waals surface area (Å²) in [5.74, 6) is 1.01.